The van der Waals surface area contributed by atoms with Crippen LogP contribution in [-0.4, -0.2) is 33.9 Å². The summed E-state index contributed by atoms with van der Waals surface area (Å²) in [5, 5.41) is 0.463. The van der Waals surface area contributed by atoms with E-state index in [2.05, 4.69) is 0 Å². The van der Waals surface area contributed by atoms with Crippen molar-refractivity contribution in [3.63, 3.8) is 0 Å². The van der Waals surface area contributed by atoms with E-state index in [1.807, 2.05) is 0 Å². The third-order valence-electron chi connectivity index (χ3n) is 7.06. The Bertz CT molecular complexity index is 1380. The highest BCUT2D eigenvalue weighted by molar-refractivity contribution is 6.35. The van der Waals surface area contributed by atoms with Crippen molar-refractivity contribution in [3.05, 3.63) is 106 Å². The highest BCUT2D eigenvalue weighted by Crippen LogP contribution is 2.57. The van der Waals surface area contributed by atoms with Crippen LogP contribution in [0.5, 0.6) is 0 Å². The van der Waals surface area contributed by atoms with Gasteiger partial charge in [0.1, 0.15) is 5.82 Å². The van der Waals surface area contributed by atoms with Crippen molar-refractivity contribution < 1.29 is 28.3 Å². The molecule has 0 radical (unpaired) electrons. The van der Waals surface area contributed by atoms with Gasteiger partial charge in [0, 0.05) is 16.1 Å². The summed E-state index contributed by atoms with van der Waals surface area (Å²) < 4.78 is 19.6. The molecule has 2 amide bonds. The molecule has 3 atom stereocenters. The first-order chi connectivity index (χ1) is 16.8. The third kappa shape index (κ3) is 2.98. The minimum Gasteiger partial charge on any atom is -0.349 e. The van der Waals surface area contributed by atoms with E-state index in [1.165, 1.54) is 36.4 Å². The fourth-order valence-corrected chi connectivity index (χ4v) is 5.58. The summed E-state index contributed by atoms with van der Waals surface area (Å²) in [5.41, 5.74) is -0.709. The summed E-state index contributed by atoms with van der Waals surface area (Å²) in [6.45, 7) is -0.107. The summed E-state index contributed by atoms with van der Waals surface area (Å²) in [6.07, 6.45) is -1.01. The molecule has 3 aliphatic rings. The van der Waals surface area contributed by atoms with Crippen LogP contribution in [0, 0.1) is 17.7 Å². The van der Waals surface area contributed by atoms with Gasteiger partial charge in [-0.2, -0.15) is 0 Å². The third-order valence-corrected chi connectivity index (χ3v) is 7.31. The van der Waals surface area contributed by atoms with Crippen LogP contribution in [0.3, 0.4) is 0 Å². The number of fused-ring (bicyclic) bond motifs is 3. The second kappa shape index (κ2) is 7.66. The fourth-order valence-electron chi connectivity index (χ4n) is 5.46. The molecule has 2 heterocycles. The van der Waals surface area contributed by atoms with Gasteiger partial charge in [0.05, 0.1) is 24.5 Å². The molecule has 3 aromatic carbocycles. The van der Waals surface area contributed by atoms with Gasteiger partial charge >= 0.3 is 0 Å². The molecule has 2 fully saturated rings. The maximum atomic E-state index is 13.7. The number of halogens is 2. The van der Waals surface area contributed by atoms with Crippen molar-refractivity contribution >= 4 is 35.0 Å². The molecule has 0 unspecified atom stereocenters. The molecule has 8 heteroatoms. The van der Waals surface area contributed by atoms with E-state index in [0.29, 0.717) is 16.1 Å². The van der Waals surface area contributed by atoms with E-state index >= 15 is 0 Å². The maximum Gasteiger partial charge on any atom is 0.237 e. The SMILES string of the molecule is O=C1[C@@H]2[C@@H](c3ccc(Cl)cc3)OC3(C(=O)c4ccccc4C3=O)[C@H]2C(=O)N1Cc1ccc(F)cc1. The zero-order valence-electron chi connectivity index (χ0n) is 18.1. The molecule has 6 rings (SSSR count). The molecule has 2 aliphatic heterocycles. The van der Waals surface area contributed by atoms with Crippen molar-refractivity contribution in [2.75, 3.05) is 0 Å². The van der Waals surface area contributed by atoms with Crippen LogP contribution in [0.15, 0.2) is 72.8 Å². The number of carbonyl (C=O) groups is 4. The van der Waals surface area contributed by atoms with Crippen LogP contribution < -0.4 is 0 Å². The number of amides is 2. The van der Waals surface area contributed by atoms with Gasteiger partial charge in [-0.05, 0) is 35.4 Å². The summed E-state index contributed by atoms with van der Waals surface area (Å²) in [5.74, 6) is -5.27. The molecule has 3 aromatic rings. The minimum atomic E-state index is -2.12. The second-order valence-electron chi connectivity index (χ2n) is 8.92. The fraction of sp³-hybridized carbons (Fsp3) is 0.185. The lowest BCUT2D eigenvalue weighted by Gasteiger charge is -2.27. The molecule has 35 heavy (non-hydrogen) atoms. The van der Waals surface area contributed by atoms with Crippen LogP contribution in [0.1, 0.15) is 37.9 Å². The smallest absolute Gasteiger partial charge is 0.237 e. The lowest BCUT2D eigenvalue weighted by Crippen LogP contribution is -2.50. The topological polar surface area (TPSA) is 80.8 Å². The van der Waals surface area contributed by atoms with Crippen LogP contribution in [-0.2, 0) is 20.9 Å². The van der Waals surface area contributed by atoms with E-state index in [9.17, 15) is 23.6 Å². The number of nitrogens with zero attached hydrogens (tertiary/aromatic N) is 1. The highest BCUT2D eigenvalue weighted by atomic mass is 35.5. The van der Waals surface area contributed by atoms with Crippen LogP contribution in [0.2, 0.25) is 5.02 Å². The average Bonchev–Trinajstić information content (AvgIpc) is 3.42. The Kier molecular flexibility index (Phi) is 4.78. The largest absolute Gasteiger partial charge is 0.349 e. The summed E-state index contributed by atoms with van der Waals surface area (Å²) in [4.78, 5) is 55.8. The van der Waals surface area contributed by atoms with Crippen LogP contribution in [0.4, 0.5) is 4.39 Å². The predicted molar refractivity (Wildman–Crippen MR) is 122 cm³/mol. The second-order valence-corrected chi connectivity index (χ2v) is 9.36. The monoisotopic (exact) mass is 489 g/mol. The molecule has 0 aromatic heterocycles. The first kappa shape index (κ1) is 21.8. The minimum absolute atomic E-state index is 0.107. The molecule has 0 saturated carbocycles. The van der Waals surface area contributed by atoms with Gasteiger partial charge in [0.15, 0.2) is 0 Å². The van der Waals surface area contributed by atoms with Crippen molar-refractivity contribution in [2.45, 2.75) is 18.2 Å². The van der Waals surface area contributed by atoms with E-state index in [0.717, 1.165) is 4.90 Å². The van der Waals surface area contributed by atoms with Gasteiger partial charge in [-0.15, -0.1) is 0 Å². The average molecular weight is 490 g/mol. The van der Waals surface area contributed by atoms with Gasteiger partial charge in [-0.25, -0.2) is 4.39 Å². The number of ether oxygens (including phenoxy) is 1. The quantitative estimate of drug-likeness (QED) is 0.407. The maximum absolute atomic E-state index is 13.7. The van der Waals surface area contributed by atoms with E-state index in [1.54, 1.807) is 36.4 Å². The zero-order chi connectivity index (χ0) is 24.5. The lowest BCUT2D eigenvalue weighted by molar-refractivity contribution is -0.145. The Morgan fingerprint density at radius 3 is 2.03 bits per heavy atom. The Morgan fingerprint density at radius 2 is 1.43 bits per heavy atom. The normalized spacial score (nSPS) is 24.4. The predicted octanol–water partition coefficient (Wildman–Crippen LogP) is 4.17. The number of hydrogen-bond acceptors (Lipinski definition) is 5. The first-order valence-electron chi connectivity index (χ1n) is 11.0. The molecule has 174 valence electrons. The molecule has 0 bridgehead atoms. The molecule has 1 aliphatic carbocycles. The van der Waals surface area contributed by atoms with Crippen molar-refractivity contribution in [2.24, 2.45) is 11.8 Å². The lowest BCUT2D eigenvalue weighted by atomic mass is 9.77. The number of likely N-dealkylation sites (tertiary alicyclic amines) is 1. The highest BCUT2D eigenvalue weighted by Gasteiger charge is 2.74. The standard InChI is InChI=1S/C27H17ClFNO5/c28-16-9-7-15(8-10-16)22-20-21(26(34)30(25(20)33)13-14-5-11-17(29)12-6-14)27(35-22)23(31)18-3-1-2-4-19(18)24(27)32/h1-12,20-22H,13H2/t20-,21+,22+/m0/s1. The number of benzene rings is 3. The van der Waals surface area contributed by atoms with Gasteiger partial charge in [-0.1, -0.05) is 60.1 Å². The molecule has 1 spiro atoms. The van der Waals surface area contributed by atoms with E-state index in [-0.39, 0.29) is 17.7 Å². The Hall–Kier alpha value is -3.68. The Labute approximate surface area is 204 Å². The van der Waals surface area contributed by atoms with E-state index in [4.69, 9.17) is 16.3 Å². The van der Waals surface area contributed by atoms with Crippen LogP contribution in [0.25, 0.3) is 0 Å². The van der Waals surface area contributed by atoms with Crippen molar-refractivity contribution in [1.82, 2.24) is 4.90 Å². The zero-order valence-corrected chi connectivity index (χ0v) is 18.9. The van der Waals surface area contributed by atoms with Crippen molar-refractivity contribution in [1.29, 1.82) is 0 Å². The molecule has 0 N–H and O–H groups in total. The van der Waals surface area contributed by atoms with E-state index < -0.39 is 52.7 Å². The van der Waals surface area contributed by atoms with Gasteiger partial charge in [-0.3, -0.25) is 24.1 Å². The summed E-state index contributed by atoms with van der Waals surface area (Å²) in [6, 6.07) is 18.3. The van der Waals surface area contributed by atoms with Gasteiger partial charge in [0.25, 0.3) is 0 Å². The Morgan fingerprint density at radius 1 is 0.829 bits per heavy atom. The van der Waals surface area contributed by atoms with Crippen molar-refractivity contribution in [3.8, 4) is 0 Å². The summed E-state index contributed by atoms with van der Waals surface area (Å²) >= 11 is 6.03. The molecular weight excluding hydrogens is 473 g/mol. The molecule has 6 nitrogen and oxygen atoms in total. The molecule has 2 saturated heterocycles. The van der Waals surface area contributed by atoms with Crippen LogP contribution >= 0.6 is 11.6 Å². The number of carbonyl (C=O) groups excluding carboxylic acids is 4. The number of ketones is 2. The first-order valence-corrected chi connectivity index (χ1v) is 11.4. The van der Waals surface area contributed by atoms with Gasteiger partial charge < -0.3 is 4.74 Å². The summed E-state index contributed by atoms with van der Waals surface area (Å²) in [7, 11) is 0. The Balaban J connectivity index is 1.48. The number of Topliss-reactive ketones (excluding diaryl/α,β-unsaturated/α-hetero) is 2. The number of imide groups is 1. The number of rotatable bonds is 3. The molecular formula is C27H17ClFNO5. The number of hydrogen-bond donors (Lipinski definition) is 0. The van der Waals surface area contributed by atoms with Gasteiger partial charge in [0.2, 0.25) is 29.0 Å².